The molecule has 0 amide bonds. The number of hydrogen-bond acceptors (Lipinski definition) is 4. The van der Waals surface area contributed by atoms with Crippen LogP contribution in [-0.4, -0.2) is 22.0 Å². The summed E-state index contributed by atoms with van der Waals surface area (Å²) in [7, 11) is 0. The summed E-state index contributed by atoms with van der Waals surface area (Å²) in [6.45, 7) is 1.52. The van der Waals surface area contributed by atoms with Crippen LogP contribution in [0.15, 0.2) is 49.1 Å². The van der Waals surface area contributed by atoms with Crippen LogP contribution in [0.2, 0.25) is 0 Å². The SMILES string of the molecule is CC(=O)c1cccnc1.O=[C-]c1cccnc1.[Y]. The fourth-order valence-electron chi connectivity index (χ4n) is 0.994. The van der Waals surface area contributed by atoms with Crippen LogP contribution in [0.1, 0.15) is 22.8 Å². The first-order chi connectivity index (χ1) is 8.24. The molecule has 0 aromatic carbocycles. The zero-order valence-electron chi connectivity index (χ0n) is 9.91. The van der Waals surface area contributed by atoms with E-state index in [0.29, 0.717) is 11.1 Å². The van der Waals surface area contributed by atoms with E-state index in [1.54, 1.807) is 49.1 Å². The predicted octanol–water partition coefficient (Wildman–Crippen LogP) is 1.82. The zero-order valence-corrected chi connectivity index (χ0v) is 12.7. The molecule has 2 aromatic heterocycles. The molecule has 0 saturated heterocycles. The van der Waals surface area contributed by atoms with Crippen LogP contribution in [0, 0.1) is 0 Å². The van der Waals surface area contributed by atoms with Gasteiger partial charge in [0, 0.05) is 50.7 Å². The second kappa shape index (κ2) is 9.74. The number of Topliss-reactive ketones (excluding diaryl/α,β-unsaturated/α-hetero) is 1. The van der Waals surface area contributed by atoms with Gasteiger partial charge >= 0.3 is 0 Å². The first-order valence-corrected chi connectivity index (χ1v) is 4.93. The molecule has 0 saturated carbocycles. The number of pyridine rings is 2. The van der Waals surface area contributed by atoms with Crippen molar-refractivity contribution in [3.63, 3.8) is 0 Å². The molecule has 2 rings (SSSR count). The van der Waals surface area contributed by atoms with Crippen LogP contribution in [0.5, 0.6) is 0 Å². The van der Waals surface area contributed by atoms with E-state index in [0.717, 1.165) is 0 Å². The average molecular weight is 316 g/mol. The standard InChI is InChI=1S/C7H7NO.C6H4NO.Y/c1-6(9)7-3-2-4-8-5-7;8-5-6-2-1-3-7-4-6;/h2-5H,1H3;1-4H;/q;-1;. The Labute approximate surface area is 131 Å². The van der Waals surface area contributed by atoms with Gasteiger partial charge in [-0.25, -0.2) is 0 Å². The second-order valence-corrected chi connectivity index (χ2v) is 3.14. The Balaban J connectivity index is 0.000000306. The summed E-state index contributed by atoms with van der Waals surface area (Å²) < 4.78 is 0. The van der Waals surface area contributed by atoms with Crippen molar-refractivity contribution in [3.05, 3.63) is 60.2 Å². The molecule has 0 atom stereocenters. The first kappa shape index (κ1) is 16.7. The summed E-state index contributed by atoms with van der Waals surface area (Å²) in [5.41, 5.74) is 1.16. The third-order valence-electron chi connectivity index (χ3n) is 1.85. The van der Waals surface area contributed by atoms with Gasteiger partial charge in [-0.05, 0) is 25.3 Å². The number of ketones is 1. The smallest absolute Gasteiger partial charge is 0.161 e. The third-order valence-corrected chi connectivity index (χ3v) is 1.85. The second-order valence-electron chi connectivity index (χ2n) is 3.14. The van der Waals surface area contributed by atoms with E-state index in [1.165, 1.54) is 13.1 Å². The van der Waals surface area contributed by atoms with Crippen molar-refractivity contribution < 1.29 is 42.3 Å². The predicted molar refractivity (Wildman–Crippen MR) is 63.3 cm³/mol. The molecule has 2 aromatic rings. The Kier molecular flexibility index (Phi) is 9.06. The molecule has 0 N–H and O–H groups in total. The van der Waals surface area contributed by atoms with Gasteiger partial charge in [0.15, 0.2) is 5.78 Å². The minimum Gasteiger partial charge on any atom is -0.376 e. The first-order valence-electron chi connectivity index (χ1n) is 4.93. The van der Waals surface area contributed by atoms with Gasteiger partial charge in [-0.15, -0.1) is 11.6 Å². The van der Waals surface area contributed by atoms with E-state index in [2.05, 4.69) is 9.97 Å². The summed E-state index contributed by atoms with van der Waals surface area (Å²) in [6.07, 6.45) is 7.99. The van der Waals surface area contributed by atoms with Crippen molar-refractivity contribution in [2.75, 3.05) is 0 Å². The molecule has 0 unspecified atom stereocenters. The van der Waals surface area contributed by atoms with Crippen molar-refractivity contribution in [2.24, 2.45) is 0 Å². The molecule has 0 fully saturated rings. The van der Waals surface area contributed by atoms with Gasteiger partial charge in [-0.1, -0.05) is 6.20 Å². The van der Waals surface area contributed by atoms with Crippen LogP contribution in [0.4, 0.5) is 0 Å². The number of rotatable bonds is 2. The van der Waals surface area contributed by atoms with Gasteiger partial charge in [0.25, 0.3) is 0 Å². The van der Waals surface area contributed by atoms with Gasteiger partial charge in [-0.2, -0.15) is 6.07 Å². The largest absolute Gasteiger partial charge is 0.376 e. The van der Waals surface area contributed by atoms with Gasteiger partial charge in [-0.3, -0.25) is 9.78 Å². The van der Waals surface area contributed by atoms with E-state index in [9.17, 15) is 9.59 Å². The summed E-state index contributed by atoms with van der Waals surface area (Å²) in [4.78, 5) is 27.9. The number of nitrogens with zero attached hydrogens (tertiary/aromatic N) is 2. The van der Waals surface area contributed by atoms with Crippen molar-refractivity contribution in [2.45, 2.75) is 6.92 Å². The van der Waals surface area contributed by atoms with E-state index < -0.39 is 0 Å². The minimum atomic E-state index is 0. The third kappa shape index (κ3) is 6.47. The average Bonchev–Trinajstić information content (AvgIpc) is 2.41. The van der Waals surface area contributed by atoms with Gasteiger partial charge in [0.1, 0.15) is 0 Å². The summed E-state index contributed by atoms with van der Waals surface area (Å²) in [5.74, 6) is 0.0584. The van der Waals surface area contributed by atoms with Crippen LogP contribution in [0.3, 0.4) is 0 Å². The molecule has 0 aliphatic rings. The Hall–Kier alpha value is -1.26. The van der Waals surface area contributed by atoms with Crippen molar-refractivity contribution >= 4 is 12.1 Å². The molecular weight excluding hydrogens is 305 g/mol. The Morgan fingerprint density at radius 2 is 1.72 bits per heavy atom. The Morgan fingerprint density at radius 3 is 2.00 bits per heavy atom. The maximum atomic E-state index is 10.6. The summed E-state index contributed by atoms with van der Waals surface area (Å²) in [5, 5.41) is 0. The quantitative estimate of drug-likeness (QED) is 0.626. The zero-order chi connectivity index (χ0) is 12.5. The number of aromatic nitrogens is 2. The molecule has 1 radical (unpaired) electrons. The monoisotopic (exact) mass is 316 g/mol. The molecule has 0 bridgehead atoms. The molecular formula is C13H11N2O2Y-. The van der Waals surface area contributed by atoms with E-state index in [1.807, 2.05) is 0 Å². The summed E-state index contributed by atoms with van der Waals surface area (Å²) in [6, 6.07) is 6.84. The maximum absolute atomic E-state index is 10.6. The molecule has 89 valence electrons. The minimum absolute atomic E-state index is 0. The Morgan fingerprint density at radius 1 is 1.11 bits per heavy atom. The van der Waals surface area contributed by atoms with Gasteiger partial charge in [0.2, 0.25) is 0 Å². The summed E-state index contributed by atoms with van der Waals surface area (Å²) >= 11 is 0. The molecule has 2 heterocycles. The van der Waals surface area contributed by atoms with Crippen LogP contribution < -0.4 is 0 Å². The van der Waals surface area contributed by atoms with Gasteiger partial charge < -0.3 is 9.78 Å². The molecule has 4 nitrogen and oxygen atoms in total. The van der Waals surface area contributed by atoms with Crippen LogP contribution in [0.25, 0.3) is 0 Å². The Bertz CT molecular complexity index is 475. The molecule has 0 spiro atoms. The molecule has 0 aliphatic carbocycles. The van der Waals surface area contributed by atoms with E-state index in [4.69, 9.17) is 0 Å². The number of carbonyl (C=O) groups excluding carboxylic acids is 2. The van der Waals surface area contributed by atoms with Gasteiger partial charge in [0.05, 0.1) is 6.29 Å². The van der Waals surface area contributed by atoms with Crippen LogP contribution >= 0.6 is 0 Å². The number of carbonyl (C=O) groups is 1. The van der Waals surface area contributed by atoms with Crippen molar-refractivity contribution in [1.29, 1.82) is 0 Å². The topological polar surface area (TPSA) is 59.9 Å². The molecule has 0 aliphatic heterocycles. The fraction of sp³-hybridized carbons (Fsp3) is 0.0769. The van der Waals surface area contributed by atoms with Crippen LogP contribution in [-0.2, 0) is 37.5 Å². The van der Waals surface area contributed by atoms with E-state index in [-0.39, 0.29) is 38.5 Å². The van der Waals surface area contributed by atoms with Crippen molar-refractivity contribution in [1.82, 2.24) is 9.97 Å². The fourth-order valence-corrected chi connectivity index (χ4v) is 0.994. The molecule has 18 heavy (non-hydrogen) atoms. The maximum Gasteiger partial charge on any atom is 0.161 e. The van der Waals surface area contributed by atoms with E-state index >= 15 is 0 Å². The van der Waals surface area contributed by atoms with Crippen molar-refractivity contribution in [3.8, 4) is 0 Å². The normalized spacial score (nSPS) is 8.28. The molecule has 5 heteroatoms. The number of hydrogen-bond donors (Lipinski definition) is 0.